The Morgan fingerprint density at radius 1 is 0.960 bits per heavy atom. The first-order valence-corrected chi connectivity index (χ1v) is 9.16. The van der Waals surface area contributed by atoms with Crippen LogP contribution in [0.5, 0.6) is 0 Å². The normalized spacial score (nSPS) is 13.2. The second-order valence-electron chi connectivity index (χ2n) is 6.52. The van der Waals surface area contributed by atoms with E-state index in [0.29, 0.717) is 11.6 Å². The van der Waals surface area contributed by atoms with Crippen molar-refractivity contribution in [3.05, 3.63) is 69.7 Å². The molecular weight excluding hydrogens is 334 g/mol. The van der Waals surface area contributed by atoms with Crippen LogP contribution in [-0.4, -0.2) is 11.7 Å². The molecule has 2 aromatic carbocycles. The average Bonchev–Trinajstić information content (AvgIpc) is 2.64. The van der Waals surface area contributed by atoms with Gasteiger partial charge in [0.1, 0.15) is 0 Å². The molecule has 0 heterocycles. The quantitative estimate of drug-likeness (QED) is 0.775. The van der Waals surface area contributed by atoms with Crippen molar-refractivity contribution in [2.45, 2.75) is 45.1 Å². The van der Waals surface area contributed by atoms with Gasteiger partial charge in [0.2, 0.25) is 5.91 Å². The molecule has 1 N–H and O–H groups in total. The predicted octanol–water partition coefficient (Wildman–Crippen LogP) is 4.50. The van der Waals surface area contributed by atoms with Crippen LogP contribution in [0.15, 0.2) is 42.5 Å². The standard InChI is InChI=1S/C21H22ClNO2/c22-19-7-3-4-15(12-19)14-23-21(25)11-10-20(24)18-9-8-16-5-1-2-6-17(16)13-18/h3-4,7-9,12-13H,1-2,5-6,10-11,14H2,(H,23,25). The summed E-state index contributed by atoms with van der Waals surface area (Å²) in [5, 5.41) is 3.48. The minimum absolute atomic E-state index is 0.0336. The van der Waals surface area contributed by atoms with Crippen molar-refractivity contribution in [3.63, 3.8) is 0 Å². The Morgan fingerprint density at radius 3 is 2.56 bits per heavy atom. The second kappa shape index (κ2) is 8.30. The monoisotopic (exact) mass is 355 g/mol. The third-order valence-electron chi connectivity index (χ3n) is 4.63. The average molecular weight is 356 g/mol. The van der Waals surface area contributed by atoms with Gasteiger partial charge in [-0.15, -0.1) is 0 Å². The largest absolute Gasteiger partial charge is 0.352 e. The number of hydrogen-bond donors (Lipinski definition) is 1. The Morgan fingerprint density at radius 2 is 1.76 bits per heavy atom. The zero-order valence-electron chi connectivity index (χ0n) is 14.2. The summed E-state index contributed by atoms with van der Waals surface area (Å²) >= 11 is 5.92. The first-order chi connectivity index (χ1) is 12.1. The van der Waals surface area contributed by atoms with Crippen LogP contribution in [0.1, 0.15) is 52.7 Å². The van der Waals surface area contributed by atoms with Crippen LogP contribution in [0.3, 0.4) is 0 Å². The number of hydrogen-bond acceptors (Lipinski definition) is 2. The highest BCUT2D eigenvalue weighted by Gasteiger charge is 2.14. The zero-order valence-corrected chi connectivity index (χ0v) is 14.9. The highest BCUT2D eigenvalue weighted by Crippen LogP contribution is 2.23. The fraction of sp³-hybridized carbons (Fsp3) is 0.333. The third-order valence-corrected chi connectivity index (χ3v) is 4.86. The van der Waals surface area contributed by atoms with Crippen molar-refractivity contribution in [1.29, 1.82) is 0 Å². The van der Waals surface area contributed by atoms with Gasteiger partial charge in [0.25, 0.3) is 0 Å². The van der Waals surface area contributed by atoms with Crippen LogP contribution in [0, 0.1) is 0 Å². The number of nitrogens with one attached hydrogen (secondary N) is 1. The number of amides is 1. The number of Topliss-reactive ketones (excluding diaryl/α,β-unsaturated/α-hetero) is 1. The molecule has 1 amide bonds. The number of aryl methyl sites for hydroxylation is 2. The summed E-state index contributed by atoms with van der Waals surface area (Å²) in [6.07, 6.45) is 5.02. The third kappa shape index (κ3) is 4.93. The molecule has 0 spiro atoms. The lowest BCUT2D eigenvalue weighted by atomic mass is 9.89. The van der Waals surface area contributed by atoms with Crippen molar-refractivity contribution >= 4 is 23.3 Å². The van der Waals surface area contributed by atoms with Crippen LogP contribution in [0.4, 0.5) is 0 Å². The van der Waals surface area contributed by atoms with E-state index in [4.69, 9.17) is 11.6 Å². The van der Waals surface area contributed by atoms with E-state index < -0.39 is 0 Å². The molecule has 0 saturated carbocycles. The molecule has 130 valence electrons. The summed E-state index contributed by atoms with van der Waals surface area (Å²) in [4.78, 5) is 24.3. The number of carbonyl (C=O) groups excluding carboxylic acids is 2. The van der Waals surface area contributed by atoms with Crippen LogP contribution in [0.25, 0.3) is 0 Å². The Bertz CT molecular complexity index is 785. The lowest BCUT2D eigenvalue weighted by molar-refractivity contribution is -0.121. The lowest BCUT2D eigenvalue weighted by Gasteiger charge is -2.16. The molecule has 0 saturated heterocycles. The number of carbonyl (C=O) groups is 2. The maximum absolute atomic E-state index is 12.4. The van der Waals surface area contributed by atoms with Crippen molar-refractivity contribution in [2.24, 2.45) is 0 Å². The molecule has 1 aliphatic carbocycles. The number of rotatable bonds is 6. The fourth-order valence-electron chi connectivity index (χ4n) is 3.21. The first-order valence-electron chi connectivity index (χ1n) is 8.78. The molecule has 0 unspecified atom stereocenters. The minimum Gasteiger partial charge on any atom is -0.352 e. The number of benzene rings is 2. The van der Waals surface area contributed by atoms with E-state index in [1.807, 2.05) is 30.3 Å². The van der Waals surface area contributed by atoms with Gasteiger partial charge in [-0.2, -0.15) is 0 Å². The van der Waals surface area contributed by atoms with Gasteiger partial charge < -0.3 is 5.32 Å². The molecule has 4 heteroatoms. The summed E-state index contributed by atoms with van der Waals surface area (Å²) in [7, 11) is 0. The maximum atomic E-state index is 12.4. The molecule has 2 aromatic rings. The molecule has 25 heavy (non-hydrogen) atoms. The Hall–Kier alpha value is -2.13. The highest BCUT2D eigenvalue weighted by molar-refractivity contribution is 6.30. The maximum Gasteiger partial charge on any atom is 0.220 e. The van der Waals surface area contributed by atoms with Crippen molar-refractivity contribution < 1.29 is 9.59 Å². The van der Waals surface area contributed by atoms with E-state index in [2.05, 4.69) is 11.4 Å². The van der Waals surface area contributed by atoms with Crippen molar-refractivity contribution in [3.8, 4) is 0 Å². The van der Waals surface area contributed by atoms with Gasteiger partial charge >= 0.3 is 0 Å². The summed E-state index contributed by atoms with van der Waals surface area (Å²) in [5.74, 6) is -0.0856. The van der Waals surface area contributed by atoms with Crippen LogP contribution < -0.4 is 5.32 Å². The summed E-state index contributed by atoms with van der Waals surface area (Å²) in [5.41, 5.74) is 4.33. The summed E-state index contributed by atoms with van der Waals surface area (Å²) in [6, 6.07) is 13.4. The number of ketones is 1. The Balaban J connectivity index is 1.49. The van der Waals surface area contributed by atoms with Gasteiger partial charge in [-0.3, -0.25) is 9.59 Å². The van der Waals surface area contributed by atoms with Crippen LogP contribution in [-0.2, 0) is 24.2 Å². The lowest BCUT2D eigenvalue weighted by Crippen LogP contribution is -2.23. The van der Waals surface area contributed by atoms with Gasteiger partial charge in [0.15, 0.2) is 5.78 Å². The molecule has 0 radical (unpaired) electrons. The summed E-state index contributed by atoms with van der Waals surface area (Å²) in [6.45, 7) is 0.423. The van der Waals surface area contributed by atoms with Gasteiger partial charge in [0, 0.05) is 30.0 Å². The van der Waals surface area contributed by atoms with Crippen LogP contribution >= 0.6 is 11.6 Å². The molecule has 3 rings (SSSR count). The second-order valence-corrected chi connectivity index (χ2v) is 6.96. The first kappa shape index (κ1) is 17.7. The molecule has 3 nitrogen and oxygen atoms in total. The van der Waals surface area contributed by atoms with E-state index in [0.717, 1.165) is 24.0 Å². The van der Waals surface area contributed by atoms with E-state index in [9.17, 15) is 9.59 Å². The van der Waals surface area contributed by atoms with E-state index >= 15 is 0 Å². The highest BCUT2D eigenvalue weighted by atomic mass is 35.5. The Kier molecular flexibility index (Phi) is 5.87. The van der Waals surface area contributed by atoms with E-state index in [1.54, 1.807) is 6.07 Å². The van der Waals surface area contributed by atoms with Crippen molar-refractivity contribution in [1.82, 2.24) is 5.32 Å². The number of fused-ring (bicyclic) bond motifs is 1. The molecule has 0 atom stereocenters. The zero-order chi connectivity index (χ0) is 17.6. The van der Waals surface area contributed by atoms with Crippen LogP contribution in [0.2, 0.25) is 5.02 Å². The van der Waals surface area contributed by atoms with E-state index in [-0.39, 0.29) is 24.5 Å². The van der Waals surface area contributed by atoms with Gasteiger partial charge in [-0.1, -0.05) is 35.9 Å². The smallest absolute Gasteiger partial charge is 0.220 e. The minimum atomic E-state index is -0.119. The SMILES string of the molecule is O=C(CCC(=O)c1ccc2c(c1)CCCC2)NCc1cccc(Cl)c1. The number of halogens is 1. The molecule has 0 aliphatic heterocycles. The molecular formula is C21H22ClNO2. The van der Waals surface area contributed by atoms with Gasteiger partial charge in [0.05, 0.1) is 0 Å². The van der Waals surface area contributed by atoms with E-state index in [1.165, 1.54) is 24.0 Å². The topological polar surface area (TPSA) is 46.2 Å². The molecule has 0 aromatic heterocycles. The Labute approximate surface area is 153 Å². The molecule has 1 aliphatic rings. The molecule has 0 fully saturated rings. The summed E-state index contributed by atoms with van der Waals surface area (Å²) < 4.78 is 0. The van der Waals surface area contributed by atoms with Crippen molar-refractivity contribution in [2.75, 3.05) is 0 Å². The van der Waals surface area contributed by atoms with Gasteiger partial charge in [-0.25, -0.2) is 0 Å². The fourth-order valence-corrected chi connectivity index (χ4v) is 3.43. The van der Waals surface area contributed by atoms with Gasteiger partial charge in [-0.05, 0) is 60.6 Å². The predicted molar refractivity (Wildman–Crippen MR) is 99.9 cm³/mol. The molecule has 0 bridgehead atoms.